The highest BCUT2D eigenvalue weighted by molar-refractivity contribution is 7.80. The smallest absolute Gasteiger partial charge is 0.107 e. The van der Waals surface area contributed by atoms with Crippen molar-refractivity contribution in [3.8, 4) is 5.69 Å². The van der Waals surface area contributed by atoms with E-state index in [1.807, 2.05) is 31.2 Å². The van der Waals surface area contributed by atoms with E-state index >= 15 is 0 Å². The van der Waals surface area contributed by atoms with E-state index in [9.17, 15) is 0 Å². The van der Waals surface area contributed by atoms with E-state index in [2.05, 4.69) is 5.10 Å². The molecule has 0 saturated heterocycles. The first kappa shape index (κ1) is 11.1. The Bertz CT molecular complexity index is 531. The minimum absolute atomic E-state index is 0.359. The Hall–Kier alpha value is -1.39. The lowest BCUT2D eigenvalue weighted by atomic mass is 10.2. The predicted molar refractivity (Wildman–Crippen MR) is 69.2 cm³/mol. The molecule has 1 heterocycles. The molecule has 3 nitrogen and oxygen atoms in total. The maximum atomic E-state index is 5.82. The van der Waals surface area contributed by atoms with Crippen LogP contribution in [0.4, 0.5) is 0 Å². The van der Waals surface area contributed by atoms with Crippen molar-refractivity contribution in [2.45, 2.75) is 6.92 Å². The van der Waals surface area contributed by atoms with Gasteiger partial charge in [-0.2, -0.15) is 5.10 Å². The first-order valence-electron chi connectivity index (χ1n) is 4.70. The van der Waals surface area contributed by atoms with Gasteiger partial charge in [0.05, 0.1) is 23.1 Å². The molecule has 0 radical (unpaired) electrons. The fourth-order valence-electron chi connectivity index (χ4n) is 1.49. The van der Waals surface area contributed by atoms with Gasteiger partial charge in [-0.25, -0.2) is 4.68 Å². The van der Waals surface area contributed by atoms with Gasteiger partial charge in [0.25, 0.3) is 0 Å². The third-order valence-electron chi connectivity index (χ3n) is 2.35. The Kier molecular flexibility index (Phi) is 2.94. The van der Waals surface area contributed by atoms with Crippen LogP contribution in [0.15, 0.2) is 30.5 Å². The first-order valence-corrected chi connectivity index (χ1v) is 5.48. The monoisotopic (exact) mass is 251 g/mol. The number of aromatic nitrogens is 2. The summed E-state index contributed by atoms with van der Waals surface area (Å²) < 4.78 is 1.78. The number of hydrogen-bond donors (Lipinski definition) is 1. The molecule has 1 aromatic heterocycles. The number of nitrogens with zero attached hydrogens (tertiary/aromatic N) is 2. The molecule has 0 saturated carbocycles. The number of nitrogens with two attached hydrogens (primary N) is 1. The van der Waals surface area contributed by atoms with Gasteiger partial charge in [0.2, 0.25) is 0 Å². The Morgan fingerprint density at radius 2 is 2.00 bits per heavy atom. The fourth-order valence-corrected chi connectivity index (χ4v) is 1.82. The Balaban J connectivity index is 2.49. The Morgan fingerprint density at radius 1 is 1.38 bits per heavy atom. The average Bonchev–Trinajstić information content (AvgIpc) is 2.61. The van der Waals surface area contributed by atoms with Crippen molar-refractivity contribution >= 4 is 28.8 Å². The molecule has 0 amide bonds. The van der Waals surface area contributed by atoms with Crippen molar-refractivity contribution in [2.24, 2.45) is 5.73 Å². The molecule has 0 aliphatic rings. The standard InChI is InChI=1S/C11H10ClN3S/c1-7-10(11(13)16)6-14-15(7)9-4-2-8(12)3-5-9/h2-6H,1H3,(H2,13,16). The highest BCUT2D eigenvalue weighted by Crippen LogP contribution is 2.16. The fraction of sp³-hybridized carbons (Fsp3) is 0.0909. The number of rotatable bonds is 2. The van der Waals surface area contributed by atoms with Crippen LogP contribution < -0.4 is 5.73 Å². The van der Waals surface area contributed by atoms with E-state index in [0.717, 1.165) is 16.9 Å². The molecule has 2 aromatic rings. The highest BCUT2D eigenvalue weighted by Gasteiger charge is 2.09. The zero-order valence-corrected chi connectivity index (χ0v) is 10.2. The summed E-state index contributed by atoms with van der Waals surface area (Å²) in [5, 5.41) is 4.94. The number of halogens is 1. The van der Waals surface area contributed by atoms with Crippen LogP contribution in [0.25, 0.3) is 5.69 Å². The summed E-state index contributed by atoms with van der Waals surface area (Å²) in [4.78, 5) is 0.359. The molecule has 0 fully saturated rings. The summed E-state index contributed by atoms with van der Waals surface area (Å²) >= 11 is 10.8. The molecule has 0 aliphatic carbocycles. The van der Waals surface area contributed by atoms with Gasteiger partial charge in [0, 0.05) is 5.02 Å². The highest BCUT2D eigenvalue weighted by atomic mass is 35.5. The maximum Gasteiger partial charge on any atom is 0.107 e. The number of hydrogen-bond acceptors (Lipinski definition) is 2. The molecule has 0 spiro atoms. The average molecular weight is 252 g/mol. The van der Waals surface area contributed by atoms with Crippen LogP contribution in [-0.2, 0) is 0 Å². The Labute approximate surface area is 104 Å². The summed E-state index contributed by atoms with van der Waals surface area (Å²) in [6.07, 6.45) is 1.67. The molecular formula is C11H10ClN3S. The van der Waals surface area contributed by atoms with Crippen molar-refractivity contribution in [1.29, 1.82) is 0 Å². The lowest BCUT2D eigenvalue weighted by Crippen LogP contribution is -2.10. The van der Waals surface area contributed by atoms with E-state index < -0.39 is 0 Å². The van der Waals surface area contributed by atoms with Crippen molar-refractivity contribution in [3.63, 3.8) is 0 Å². The third-order valence-corrected chi connectivity index (χ3v) is 2.82. The summed E-state index contributed by atoms with van der Waals surface area (Å²) in [5.41, 5.74) is 8.24. The zero-order chi connectivity index (χ0) is 11.7. The largest absolute Gasteiger partial charge is 0.389 e. The first-order chi connectivity index (χ1) is 7.59. The van der Waals surface area contributed by atoms with Crippen LogP contribution in [0.1, 0.15) is 11.3 Å². The quantitative estimate of drug-likeness (QED) is 0.834. The lowest BCUT2D eigenvalue weighted by Gasteiger charge is -2.04. The van der Waals surface area contributed by atoms with E-state index in [-0.39, 0.29) is 0 Å². The SMILES string of the molecule is Cc1c(C(N)=S)cnn1-c1ccc(Cl)cc1. The second-order valence-corrected chi connectivity index (χ2v) is 4.27. The second kappa shape index (κ2) is 4.23. The Morgan fingerprint density at radius 3 is 2.50 bits per heavy atom. The molecule has 1 aromatic carbocycles. The van der Waals surface area contributed by atoms with Gasteiger partial charge in [0.1, 0.15) is 4.99 Å². The predicted octanol–water partition coefficient (Wildman–Crippen LogP) is 2.47. The van der Waals surface area contributed by atoms with Crippen LogP contribution in [0.3, 0.4) is 0 Å². The zero-order valence-electron chi connectivity index (χ0n) is 8.64. The van der Waals surface area contributed by atoms with Gasteiger partial charge >= 0.3 is 0 Å². The maximum absolute atomic E-state index is 5.82. The second-order valence-electron chi connectivity index (χ2n) is 3.40. The van der Waals surface area contributed by atoms with E-state index in [4.69, 9.17) is 29.6 Å². The van der Waals surface area contributed by atoms with Crippen LogP contribution in [0.5, 0.6) is 0 Å². The topological polar surface area (TPSA) is 43.8 Å². The molecule has 0 bridgehead atoms. The molecule has 0 unspecified atom stereocenters. The lowest BCUT2D eigenvalue weighted by molar-refractivity contribution is 0.847. The number of thiocarbonyl (C=S) groups is 1. The van der Waals surface area contributed by atoms with Gasteiger partial charge in [-0.3, -0.25) is 0 Å². The molecule has 0 aliphatic heterocycles. The van der Waals surface area contributed by atoms with Crippen molar-refractivity contribution in [1.82, 2.24) is 9.78 Å². The molecule has 2 rings (SSSR count). The minimum Gasteiger partial charge on any atom is -0.389 e. The normalized spacial score (nSPS) is 10.4. The van der Waals surface area contributed by atoms with E-state index in [1.54, 1.807) is 10.9 Å². The van der Waals surface area contributed by atoms with Gasteiger partial charge < -0.3 is 5.73 Å². The van der Waals surface area contributed by atoms with Gasteiger partial charge in [-0.15, -0.1) is 0 Å². The summed E-state index contributed by atoms with van der Waals surface area (Å²) in [6.45, 7) is 1.93. The van der Waals surface area contributed by atoms with E-state index in [0.29, 0.717) is 10.0 Å². The van der Waals surface area contributed by atoms with Crippen LogP contribution in [0.2, 0.25) is 5.02 Å². The summed E-state index contributed by atoms with van der Waals surface area (Å²) in [6, 6.07) is 7.42. The van der Waals surface area contributed by atoms with Gasteiger partial charge in [-0.1, -0.05) is 23.8 Å². The van der Waals surface area contributed by atoms with Crippen molar-refractivity contribution in [3.05, 3.63) is 46.7 Å². The number of benzene rings is 1. The molecule has 16 heavy (non-hydrogen) atoms. The van der Waals surface area contributed by atoms with Crippen LogP contribution >= 0.6 is 23.8 Å². The van der Waals surface area contributed by atoms with Crippen LogP contribution in [-0.4, -0.2) is 14.8 Å². The van der Waals surface area contributed by atoms with Crippen molar-refractivity contribution in [2.75, 3.05) is 0 Å². The molecular weight excluding hydrogens is 242 g/mol. The summed E-state index contributed by atoms with van der Waals surface area (Å²) in [7, 11) is 0. The third kappa shape index (κ3) is 1.94. The minimum atomic E-state index is 0.359. The molecule has 2 N–H and O–H groups in total. The van der Waals surface area contributed by atoms with Crippen molar-refractivity contribution < 1.29 is 0 Å². The van der Waals surface area contributed by atoms with Gasteiger partial charge in [-0.05, 0) is 31.2 Å². The molecule has 5 heteroatoms. The van der Waals surface area contributed by atoms with Gasteiger partial charge in [0.15, 0.2) is 0 Å². The van der Waals surface area contributed by atoms with Crippen LogP contribution in [0, 0.1) is 6.92 Å². The molecule has 82 valence electrons. The summed E-state index contributed by atoms with van der Waals surface area (Å²) in [5.74, 6) is 0. The van der Waals surface area contributed by atoms with E-state index in [1.165, 1.54) is 0 Å². The molecule has 0 atom stereocenters.